The molecule has 154 valence electrons. The molecule has 1 fully saturated rings. The van der Waals surface area contributed by atoms with E-state index in [1.54, 1.807) is 9.80 Å². The van der Waals surface area contributed by atoms with Crippen LogP contribution >= 0.6 is 0 Å². The fourth-order valence-corrected chi connectivity index (χ4v) is 3.30. The van der Waals surface area contributed by atoms with E-state index in [1.165, 1.54) is 12.1 Å². The van der Waals surface area contributed by atoms with Gasteiger partial charge in [0.05, 0.1) is 6.54 Å². The number of aryl methyl sites for hydroxylation is 1. The first-order valence-electron chi connectivity index (χ1n) is 9.50. The van der Waals surface area contributed by atoms with Crippen molar-refractivity contribution in [2.75, 3.05) is 38.1 Å². The average Bonchev–Trinajstić information content (AvgIpc) is 2.72. The number of urea groups is 1. The Labute approximate surface area is 169 Å². The number of likely N-dealkylation sites (N-methyl/N-ethyl adjacent to an activating group) is 1. The van der Waals surface area contributed by atoms with Gasteiger partial charge in [-0.15, -0.1) is 0 Å². The maximum atomic E-state index is 14.7. The van der Waals surface area contributed by atoms with E-state index in [-0.39, 0.29) is 18.1 Å². The lowest BCUT2D eigenvalue weighted by atomic mass is 10.1. The van der Waals surface area contributed by atoms with Crippen LogP contribution in [-0.4, -0.2) is 55.0 Å². The fraction of sp³-hybridized carbons (Fsp3) is 0.333. The summed E-state index contributed by atoms with van der Waals surface area (Å²) in [5.74, 6) is 3.98. The maximum absolute atomic E-state index is 14.7. The standard InChI is InChI=1S/C21H26FN5O2/c1-15-4-3-5-18(12-15)27(21(29)26-10-8-25(2)9-11-26)14-17-7-6-16(13-19(17)22)20(28)24-23/h3-7,12-13H,8-11,14,23H2,1-2H3,(H,24,28). The lowest BCUT2D eigenvalue weighted by Gasteiger charge is -2.36. The highest BCUT2D eigenvalue weighted by Crippen LogP contribution is 2.23. The number of hydrogen-bond donors (Lipinski definition) is 2. The van der Waals surface area contributed by atoms with Gasteiger partial charge in [0, 0.05) is 43.0 Å². The van der Waals surface area contributed by atoms with Gasteiger partial charge in [-0.25, -0.2) is 15.0 Å². The van der Waals surface area contributed by atoms with Crippen molar-refractivity contribution in [2.45, 2.75) is 13.5 Å². The molecule has 7 nitrogen and oxygen atoms in total. The fourth-order valence-electron chi connectivity index (χ4n) is 3.30. The van der Waals surface area contributed by atoms with E-state index in [9.17, 15) is 14.0 Å². The molecule has 0 atom stereocenters. The predicted octanol–water partition coefficient (Wildman–Crippen LogP) is 2.11. The number of carbonyl (C=O) groups excluding carboxylic acids is 2. The molecule has 29 heavy (non-hydrogen) atoms. The number of carbonyl (C=O) groups is 2. The average molecular weight is 399 g/mol. The molecule has 3 amide bonds. The van der Waals surface area contributed by atoms with Gasteiger partial charge in [-0.05, 0) is 43.8 Å². The summed E-state index contributed by atoms with van der Waals surface area (Å²) in [6, 6.07) is 11.5. The van der Waals surface area contributed by atoms with Crippen molar-refractivity contribution in [1.29, 1.82) is 0 Å². The summed E-state index contributed by atoms with van der Waals surface area (Å²) in [7, 11) is 2.02. The van der Waals surface area contributed by atoms with E-state index < -0.39 is 11.7 Å². The molecule has 1 saturated heterocycles. The Morgan fingerprint density at radius 3 is 2.48 bits per heavy atom. The Bertz CT molecular complexity index is 896. The zero-order valence-corrected chi connectivity index (χ0v) is 16.7. The molecule has 2 aromatic rings. The molecule has 0 unspecified atom stereocenters. The van der Waals surface area contributed by atoms with Gasteiger partial charge in [0.15, 0.2) is 0 Å². The highest BCUT2D eigenvalue weighted by Gasteiger charge is 2.26. The maximum Gasteiger partial charge on any atom is 0.324 e. The minimum atomic E-state index is -0.570. The van der Waals surface area contributed by atoms with Gasteiger partial charge in [0.2, 0.25) is 0 Å². The highest BCUT2D eigenvalue weighted by atomic mass is 19.1. The summed E-state index contributed by atoms with van der Waals surface area (Å²) < 4.78 is 14.7. The van der Waals surface area contributed by atoms with Crippen molar-refractivity contribution in [3.8, 4) is 0 Å². The molecule has 0 bridgehead atoms. The molecule has 2 aromatic carbocycles. The first-order chi connectivity index (χ1) is 13.9. The van der Waals surface area contributed by atoms with Gasteiger partial charge < -0.3 is 9.80 Å². The Kier molecular flexibility index (Phi) is 6.46. The van der Waals surface area contributed by atoms with Crippen LogP contribution in [0.3, 0.4) is 0 Å². The van der Waals surface area contributed by atoms with Crippen LogP contribution < -0.4 is 16.2 Å². The third-order valence-electron chi connectivity index (χ3n) is 5.09. The largest absolute Gasteiger partial charge is 0.324 e. The van der Waals surface area contributed by atoms with Crippen LogP contribution in [0, 0.1) is 12.7 Å². The molecular weight excluding hydrogens is 373 g/mol. The van der Waals surface area contributed by atoms with Crippen molar-refractivity contribution < 1.29 is 14.0 Å². The van der Waals surface area contributed by atoms with Gasteiger partial charge in [-0.2, -0.15) is 0 Å². The number of hydrogen-bond acceptors (Lipinski definition) is 4. The normalized spacial score (nSPS) is 14.6. The summed E-state index contributed by atoms with van der Waals surface area (Å²) in [5, 5.41) is 0. The van der Waals surface area contributed by atoms with E-state index in [2.05, 4.69) is 4.90 Å². The topological polar surface area (TPSA) is 81.9 Å². The van der Waals surface area contributed by atoms with E-state index in [4.69, 9.17) is 5.84 Å². The molecule has 0 aliphatic carbocycles. The quantitative estimate of drug-likeness (QED) is 0.469. The minimum Gasteiger partial charge on any atom is -0.322 e. The molecule has 0 spiro atoms. The summed E-state index contributed by atoms with van der Waals surface area (Å²) in [4.78, 5) is 30.4. The van der Waals surface area contributed by atoms with Crippen LogP contribution in [0.5, 0.6) is 0 Å². The number of rotatable bonds is 4. The van der Waals surface area contributed by atoms with Crippen molar-refractivity contribution in [2.24, 2.45) is 5.84 Å². The van der Waals surface area contributed by atoms with Gasteiger partial charge >= 0.3 is 6.03 Å². The van der Waals surface area contributed by atoms with Gasteiger partial charge in [0.1, 0.15) is 5.82 Å². The zero-order chi connectivity index (χ0) is 21.0. The van der Waals surface area contributed by atoms with Gasteiger partial charge in [-0.1, -0.05) is 18.2 Å². The minimum absolute atomic E-state index is 0.0605. The van der Waals surface area contributed by atoms with Crippen molar-refractivity contribution in [3.63, 3.8) is 0 Å². The zero-order valence-electron chi connectivity index (χ0n) is 16.7. The van der Waals surface area contributed by atoms with E-state index in [0.717, 1.165) is 24.7 Å². The van der Waals surface area contributed by atoms with Crippen LogP contribution in [-0.2, 0) is 6.54 Å². The Morgan fingerprint density at radius 1 is 1.14 bits per heavy atom. The van der Waals surface area contributed by atoms with Crippen molar-refractivity contribution in [1.82, 2.24) is 15.2 Å². The Balaban J connectivity index is 1.89. The molecule has 0 aromatic heterocycles. The van der Waals surface area contributed by atoms with E-state index in [1.807, 2.05) is 43.7 Å². The number of nitrogen functional groups attached to an aromatic ring is 1. The summed E-state index contributed by atoms with van der Waals surface area (Å²) in [6.07, 6.45) is 0. The van der Waals surface area contributed by atoms with Gasteiger partial charge in [-0.3, -0.25) is 15.1 Å². The highest BCUT2D eigenvalue weighted by molar-refractivity contribution is 5.94. The van der Waals surface area contributed by atoms with Crippen LogP contribution in [0.1, 0.15) is 21.5 Å². The Morgan fingerprint density at radius 2 is 1.86 bits per heavy atom. The second-order valence-corrected chi connectivity index (χ2v) is 7.28. The molecule has 1 heterocycles. The van der Waals surface area contributed by atoms with Gasteiger partial charge in [0.25, 0.3) is 5.91 Å². The third-order valence-corrected chi connectivity index (χ3v) is 5.09. The predicted molar refractivity (Wildman–Crippen MR) is 110 cm³/mol. The Hall–Kier alpha value is -2.97. The van der Waals surface area contributed by atoms with Crippen LogP contribution in [0.2, 0.25) is 0 Å². The summed E-state index contributed by atoms with van der Waals surface area (Å²) in [5.41, 5.74) is 4.15. The van der Waals surface area contributed by atoms with E-state index >= 15 is 0 Å². The number of piperazine rings is 1. The lowest BCUT2D eigenvalue weighted by molar-refractivity contribution is 0.0953. The number of hydrazine groups is 1. The molecule has 0 saturated carbocycles. The number of benzene rings is 2. The number of amides is 3. The summed E-state index contributed by atoms with van der Waals surface area (Å²) >= 11 is 0. The SMILES string of the molecule is Cc1cccc(N(Cc2ccc(C(=O)NN)cc2F)C(=O)N2CCN(C)CC2)c1. The molecule has 1 aliphatic rings. The first kappa shape index (κ1) is 20.8. The molecule has 8 heteroatoms. The molecule has 3 N–H and O–H groups in total. The number of nitrogens with two attached hydrogens (primary N) is 1. The second-order valence-electron chi connectivity index (χ2n) is 7.28. The smallest absolute Gasteiger partial charge is 0.322 e. The molecule has 0 radical (unpaired) electrons. The van der Waals surface area contributed by atoms with Crippen molar-refractivity contribution in [3.05, 3.63) is 65.0 Å². The molecule has 3 rings (SSSR count). The second kappa shape index (κ2) is 9.02. The number of anilines is 1. The number of nitrogens with zero attached hydrogens (tertiary/aromatic N) is 3. The lowest BCUT2D eigenvalue weighted by Crippen LogP contribution is -2.52. The van der Waals surface area contributed by atoms with Crippen molar-refractivity contribution >= 4 is 17.6 Å². The van der Waals surface area contributed by atoms with Crippen LogP contribution in [0.25, 0.3) is 0 Å². The molecule has 1 aliphatic heterocycles. The molecular formula is C21H26FN5O2. The summed E-state index contributed by atoms with van der Waals surface area (Å²) in [6.45, 7) is 4.84. The number of nitrogens with one attached hydrogen (secondary N) is 1. The third kappa shape index (κ3) is 4.90. The number of halogens is 1. The van der Waals surface area contributed by atoms with E-state index in [0.29, 0.717) is 24.3 Å². The van der Waals surface area contributed by atoms with Crippen LogP contribution in [0.15, 0.2) is 42.5 Å². The monoisotopic (exact) mass is 399 g/mol. The first-order valence-corrected chi connectivity index (χ1v) is 9.50. The van der Waals surface area contributed by atoms with Crippen LogP contribution in [0.4, 0.5) is 14.9 Å².